The third kappa shape index (κ3) is 5.96. The summed E-state index contributed by atoms with van der Waals surface area (Å²) >= 11 is 1.52. The molecule has 1 unspecified atom stereocenters. The molecule has 3 rings (SSSR count). The smallest absolute Gasteiger partial charge is 0.241 e. The van der Waals surface area contributed by atoms with E-state index in [2.05, 4.69) is 15.0 Å². The van der Waals surface area contributed by atoms with Crippen LogP contribution in [0, 0.1) is 12.7 Å². The molecule has 0 radical (unpaired) electrons. The van der Waals surface area contributed by atoms with E-state index in [9.17, 15) is 17.6 Å². The number of rotatable bonds is 10. The Labute approximate surface area is 191 Å². The van der Waals surface area contributed by atoms with Gasteiger partial charge in [0, 0.05) is 18.9 Å². The topological polar surface area (TPSA) is 93.1 Å². The third-order valence-corrected chi connectivity index (χ3v) is 6.97. The van der Waals surface area contributed by atoms with Crippen molar-refractivity contribution in [2.24, 2.45) is 0 Å². The van der Waals surface area contributed by atoms with Crippen LogP contribution in [-0.2, 0) is 21.4 Å². The van der Waals surface area contributed by atoms with Crippen molar-refractivity contribution in [1.82, 2.24) is 19.6 Å². The lowest BCUT2D eigenvalue weighted by Crippen LogP contribution is -2.46. The molecule has 1 aromatic heterocycles. The zero-order valence-corrected chi connectivity index (χ0v) is 19.4. The Morgan fingerprint density at radius 2 is 1.97 bits per heavy atom. The molecule has 0 saturated carbocycles. The molecule has 1 heterocycles. The predicted molar refractivity (Wildman–Crippen MR) is 124 cm³/mol. The van der Waals surface area contributed by atoms with Crippen LogP contribution in [0.15, 0.2) is 65.8 Å². The number of nitrogens with zero attached hydrogens (tertiary/aromatic N) is 2. The number of hydrogen-bond acceptors (Lipinski definition) is 5. The third-order valence-electron chi connectivity index (χ3n) is 4.84. The molecule has 0 aliphatic rings. The molecule has 10 heteroatoms. The fourth-order valence-electron chi connectivity index (χ4n) is 3.13. The number of amides is 1. The highest BCUT2D eigenvalue weighted by Gasteiger charge is 2.25. The largest absolute Gasteiger partial charge is 0.351 e. The molecule has 2 N–H and O–H groups in total. The van der Waals surface area contributed by atoms with E-state index in [1.54, 1.807) is 54.2 Å². The predicted octanol–water partition coefficient (Wildman–Crippen LogP) is 3.04. The lowest BCUT2D eigenvalue weighted by Gasteiger charge is -2.18. The van der Waals surface area contributed by atoms with Gasteiger partial charge in [-0.05, 0) is 55.2 Å². The first-order chi connectivity index (χ1) is 15.3. The van der Waals surface area contributed by atoms with Gasteiger partial charge >= 0.3 is 0 Å². The van der Waals surface area contributed by atoms with Crippen LogP contribution in [-0.4, -0.2) is 41.9 Å². The van der Waals surface area contributed by atoms with Gasteiger partial charge in [0.05, 0.1) is 10.6 Å². The second-order valence-corrected chi connectivity index (χ2v) is 9.82. The summed E-state index contributed by atoms with van der Waals surface area (Å²) < 4.78 is 44.0. The van der Waals surface area contributed by atoms with Gasteiger partial charge in [-0.1, -0.05) is 24.3 Å². The summed E-state index contributed by atoms with van der Waals surface area (Å²) in [6, 6.07) is 11.6. The first kappa shape index (κ1) is 24.0. The average Bonchev–Trinajstić information content (AvgIpc) is 3.21. The van der Waals surface area contributed by atoms with Crippen LogP contribution in [0.5, 0.6) is 0 Å². The highest BCUT2D eigenvalue weighted by atomic mass is 32.2. The molecule has 0 aliphatic heterocycles. The number of hydrogen-bond donors (Lipinski definition) is 2. The lowest BCUT2D eigenvalue weighted by atomic mass is 10.1. The van der Waals surface area contributed by atoms with E-state index in [4.69, 9.17) is 0 Å². The number of nitrogens with one attached hydrogen (secondary N) is 2. The molecule has 1 atom stereocenters. The minimum atomic E-state index is -3.85. The Kier molecular flexibility index (Phi) is 8.05. The van der Waals surface area contributed by atoms with Crippen LogP contribution in [0.2, 0.25) is 0 Å². The van der Waals surface area contributed by atoms with Gasteiger partial charge in [-0.3, -0.25) is 4.79 Å². The van der Waals surface area contributed by atoms with Gasteiger partial charge in [-0.15, -0.1) is 0 Å². The minimum absolute atomic E-state index is 0.0712. The standard InChI is InChI=1S/C22H25FN4O3S2/c1-16-24-11-12-27(16)21-9-8-17(14-19(21)23)15-25-22(28)20(10-13-31-2)26-32(29,30)18-6-4-3-5-7-18/h3-9,11-12,14,20,26H,10,13,15H2,1-2H3,(H,25,28). The van der Waals surface area contributed by atoms with Crippen molar-refractivity contribution in [2.45, 2.75) is 30.8 Å². The normalized spacial score (nSPS) is 12.5. The van der Waals surface area contributed by atoms with Crippen LogP contribution in [0.25, 0.3) is 5.69 Å². The summed E-state index contributed by atoms with van der Waals surface area (Å²) in [7, 11) is -3.85. The van der Waals surface area contributed by atoms with Crippen LogP contribution in [0.3, 0.4) is 0 Å². The number of aromatic nitrogens is 2. The van der Waals surface area contributed by atoms with E-state index in [0.717, 1.165) is 0 Å². The van der Waals surface area contributed by atoms with Crippen molar-refractivity contribution < 1.29 is 17.6 Å². The quantitative estimate of drug-likeness (QED) is 0.469. The van der Waals surface area contributed by atoms with Crippen LogP contribution in [0.1, 0.15) is 17.8 Å². The number of carbonyl (C=O) groups excluding carboxylic acids is 1. The minimum Gasteiger partial charge on any atom is -0.351 e. The van der Waals surface area contributed by atoms with Gasteiger partial charge in [0.25, 0.3) is 0 Å². The Balaban J connectivity index is 1.69. The molecule has 2 aromatic carbocycles. The number of imidazole rings is 1. The molecule has 0 fully saturated rings. The Morgan fingerprint density at radius 1 is 1.22 bits per heavy atom. The summed E-state index contributed by atoms with van der Waals surface area (Å²) in [6.45, 7) is 1.85. The second kappa shape index (κ2) is 10.8. The first-order valence-corrected chi connectivity index (χ1v) is 12.8. The van der Waals surface area contributed by atoms with E-state index < -0.39 is 27.8 Å². The SMILES string of the molecule is CSCCC(NS(=O)(=O)c1ccccc1)C(=O)NCc1ccc(-n2ccnc2C)c(F)c1. The zero-order chi connectivity index (χ0) is 23.1. The fourth-order valence-corrected chi connectivity index (χ4v) is 4.86. The fraction of sp³-hybridized carbons (Fsp3) is 0.273. The van der Waals surface area contributed by atoms with E-state index in [-0.39, 0.29) is 11.4 Å². The van der Waals surface area contributed by atoms with Crippen molar-refractivity contribution in [3.63, 3.8) is 0 Å². The summed E-state index contributed by atoms with van der Waals surface area (Å²) in [5.41, 5.74) is 0.926. The number of halogens is 1. The maximum absolute atomic E-state index is 14.6. The lowest BCUT2D eigenvalue weighted by molar-refractivity contribution is -0.122. The molecule has 0 aliphatic carbocycles. The van der Waals surface area contributed by atoms with Gasteiger partial charge in [-0.25, -0.2) is 17.8 Å². The summed E-state index contributed by atoms with van der Waals surface area (Å²) in [5.74, 6) is 0.352. The van der Waals surface area contributed by atoms with E-state index in [0.29, 0.717) is 29.2 Å². The van der Waals surface area contributed by atoms with Crippen molar-refractivity contribution >= 4 is 27.7 Å². The Morgan fingerprint density at radius 3 is 2.59 bits per heavy atom. The van der Waals surface area contributed by atoms with Crippen molar-refractivity contribution in [3.8, 4) is 5.69 Å². The van der Waals surface area contributed by atoms with Crippen LogP contribution >= 0.6 is 11.8 Å². The molecule has 32 heavy (non-hydrogen) atoms. The number of benzene rings is 2. The number of thioether (sulfide) groups is 1. The van der Waals surface area contributed by atoms with Gasteiger partial charge in [0.15, 0.2) is 0 Å². The molecule has 3 aromatic rings. The van der Waals surface area contributed by atoms with E-state index in [1.165, 1.54) is 30.0 Å². The molecule has 0 saturated heterocycles. The highest BCUT2D eigenvalue weighted by Crippen LogP contribution is 2.17. The molecule has 0 spiro atoms. The molecular formula is C22H25FN4O3S2. The maximum Gasteiger partial charge on any atom is 0.241 e. The summed E-state index contributed by atoms with van der Waals surface area (Å²) in [6.07, 6.45) is 5.47. The molecule has 7 nitrogen and oxygen atoms in total. The summed E-state index contributed by atoms with van der Waals surface area (Å²) in [5, 5.41) is 2.71. The van der Waals surface area contributed by atoms with Gasteiger partial charge < -0.3 is 9.88 Å². The molecule has 0 bridgehead atoms. The van der Waals surface area contributed by atoms with E-state index in [1.807, 2.05) is 6.26 Å². The first-order valence-electron chi connectivity index (χ1n) is 9.94. The van der Waals surface area contributed by atoms with Crippen LogP contribution < -0.4 is 10.0 Å². The van der Waals surface area contributed by atoms with Crippen LogP contribution in [0.4, 0.5) is 4.39 Å². The Bertz CT molecular complexity index is 1170. The average molecular weight is 477 g/mol. The number of carbonyl (C=O) groups is 1. The Hall–Kier alpha value is -2.69. The van der Waals surface area contributed by atoms with Crippen molar-refractivity contribution in [1.29, 1.82) is 0 Å². The van der Waals surface area contributed by atoms with Gasteiger partial charge in [0.2, 0.25) is 15.9 Å². The highest BCUT2D eigenvalue weighted by molar-refractivity contribution is 7.98. The number of aryl methyl sites for hydroxylation is 1. The van der Waals surface area contributed by atoms with Gasteiger partial charge in [-0.2, -0.15) is 16.5 Å². The van der Waals surface area contributed by atoms with Gasteiger partial charge in [0.1, 0.15) is 17.7 Å². The summed E-state index contributed by atoms with van der Waals surface area (Å²) in [4.78, 5) is 16.9. The number of sulfonamides is 1. The molecule has 170 valence electrons. The second-order valence-electron chi connectivity index (χ2n) is 7.12. The van der Waals surface area contributed by atoms with E-state index >= 15 is 0 Å². The molecule has 1 amide bonds. The maximum atomic E-state index is 14.6. The monoisotopic (exact) mass is 476 g/mol. The molecular weight excluding hydrogens is 451 g/mol. The zero-order valence-electron chi connectivity index (χ0n) is 17.8. The van der Waals surface area contributed by atoms with Crippen molar-refractivity contribution in [3.05, 3.63) is 78.1 Å². The van der Waals surface area contributed by atoms with Crippen molar-refractivity contribution in [2.75, 3.05) is 12.0 Å².